The minimum atomic E-state index is -4.31. The third-order valence-corrected chi connectivity index (χ3v) is 2.35. The van der Waals surface area contributed by atoms with Gasteiger partial charge in [-0.2, -0.15) is 13.2 Å². The van der Waals surface area contributed by atoms with Crippen LogP contribution >= 0.6 is 0 Å². The Balaban J connectivity index is 2.77. The van der Waals surface area contributed by atoms with Gasteiger partial charge < -0.3 is 0 Å². The Morgan fingerprint density at radius 1 is 1.39 bits per heavy atom. The van der Waals surface area contributed by atoms with Gasteiger partial charge in [0.05, 0.1) is 5.56 Å². The number of hydrogen-bond acceptors (Lipinski definition) is 1. The summed E-state index contributed by atoms with van der Waals surface area (Å²) in [6.45, 7) is 1.97. The topological polar surface area (TPSA) is 48.8 Å². The second-order valence-electron chi connectivity index (χ2n) is 3.71. The zero-order chi connectivity index (χ0) is 13.6. The molecule has 1 aromatic carbocycles. The van der Waals surface area contributed by atoms with Crippen LogP contribution in [-0.4, -0.2) is 6.54 Å². The van der Waals surface area contributed by atoms with E-state index in [9.17, 15) is 13.2 Å². The van der Waals surface area contributed by atoms with Crippen molar-refractivity contribution in [1.82, 2.24) is 0 Å². The second-order valence-corrected chi connectivity index (χ2v) is 3.71. The number of nitrogens with zero attached hydrogens (tertiary/aromatic N) is 3. The van der Waals surface area contributed by atoms with Gasteiger partial charge in [0.1, 0.15) is 0 Å². The van der Waals surface area contributed by atoms with E-state index in [1.54, 1.807) is 19.1 Å². The number of benzene rings is 1. The van der Waals surface area contributed by atoms with Crippen molar-refractivity contribution in [2.45, 2.75) is 19.5 Å². The average Bonchev–Trinajstić information content (AvgIpc) is 2.29. The number of hydrogen-bond donors (Lipinski definition) is 0. The molecule has 0 aliphatic rings. The van der Waals surface area contributed by atoms with E-state index >= 15 is 0 Å². The zero-order valence-corrected chi connectivity index (χ0v) is 9.78. The van der Waals surface area contributed by atoms with Gasteiger partial charge in [-0.3, -0.25) is 0 Å². The van der Waals surface area contributed by atoms with E-state index in [1.807, 2.05) is 0 Å². The van der Waals surface area contributed by atoms with E-state index in [2.05, 4.69) is 10.0 Å². The Morgan fingerprint density at radius 3 is 2.67 bits per heavy atom. The van der Waals surface area contributed by atoms with E-state index in [0.29, 0.717) is 18.5 Å². The van der Waals surface area contributed by atoms with E-state index in [1.165, 1.54) is 6.07 Å². The monoisotopic (exact) mass is 255 g/mol. The molecule has 0 bridgehead atoms. The summed E-state index contributed by atoms with van der Waals surface area (Å²) in [6.07, 6.45) is -0.258. The highest BCUT2D eigenvalue weighted by Crippen LogP contribution is 2.30. The molecule has 0 aromatic heterocycles. The summed E-state index contributed by atoms with van der Waals surface area (Å²) in [6, 6.07) is 3.61. The molecule has 0 saturated carbocycles. The fourth-order valence-electron chi connectivity index (χ4n) is 1.43. The Hall–Kier alpha value is -1.94. The first-order valence-corrected chi connectivity index (χ1v) is 5.30. The van der Waals surface area contributed by atoms with Gasteiger partial charge >= 0.3 is 6.18 Å². The van der Waals surface area contributed by atoms with Crippen molar-refractivity contribution in [3.63, 3.8) is 0 Å². The van der Waals surface area contributed by atoms with Crippen LogP contribution in [0.4, 0.5) is 13.2 Å². The van der Waals surface area contributed by atoms with Gasteiger partial charge in [-0.1, -0.05) is 23.3 Å². The molecule has 0 N–H and O–H groups in total. The van der Waals surface area contributed by atoms with Crippen molar-refractivity contribution in [1.29, 1.82) is 0 Å². The summed E-state index contributed by atoms with van der Waals surface area (Å²) in [4.78, 5) is 2.60. The number of halogens is 3. The molecule has 0 aliphatic carbocycles. The molecule has 6 heteroatoms. The number of alkyl halides is 3. The highest BCUT2D eigenvalue weighted by Gasteiger charge is 2.30. The van der Waals surface area contributed by atoms with Gasteiger partial charge in [-0.25, -0.2) is 0 Å². The Morgan fingerprint density at radius 2 is 2.11 bits per heavy atom. The minimum absolute atomic E-state index is 0.340. The molecular weight excluding hydrogens is 243 g/mol. The molecular formula is C12H12F3N3. The van der Waals surface area contributed by atoms with Gasteiger partial charge in [-0.05, 0) is 42.1 Å². The lowest BCUT2D eigenvalue weighted by atomic mass is 10.0. The Bertz CT molecular complexity index is 486. The predicted molar refractivity (Wildman–Crippen MR) is 63.8 cm³/mol. The Kier molecular flexibility index (Phi) is 4.80. The lowest BCUT2D eigenvalue weighted by molar-refractivity contribution is -0.137. The molecule has 0 unspecified atom stereocenters. The molecule has 1 rings (SSSR count). The van der Waals surface area contributed by atoms with Gasteiger partial charge in [0.2, 0.25) is 0 Å². The molecule has 3 nitrogen and oxygen atoms in total. The largest absolute Gasteiger partial charge is 0.416 e. The van der Waals surface area contributed by atoms with Crippen LogP contribution < -0.4 is 0 Å². The summed E-state index contributed by atoms with van der Waals surface area (Å²) in [7, 11) is 0. The molecule has 1 aromatic rings. The number of azide groups is 1. The quantitative estimate of drug-likeness (QED) is 0.323. The maximum Gasteiger partial charge on any atom is 0.416 e. The van der Waals surface area contributed by atoms with Gasteiger partial charge in [0.15, 0.2) is 0 Å². The normalized spacial score (nSPS) is 11.6. The summed E-state index contributed by atoms with van der Waals surface area (Å²) in [5.74, 6) is 0. The van der Waals surface area contributed by atoms with E-state index in [4.69, 9.17) is 5.53 Å². The first-order valence-electron chi connectivity index (χ1n) is 5.30. The average molecular weight is 255 g/mol. The highest BCUT2D eigenvalue weighted by molar-refractivity contribution is 5.54. The second kappa shape index (κ2) is 6.12. The third-order valence-electron chi connectivity index (χ3n) is 2.35. The molecule has 0 fully saturated rings. The van der Waals surface area contributed by atoms with Crippen LogP contribution in [0.2, 0.25) is 0 Å². The fraction of sp³-hybridized carbons (Fsp3) is 0.333. The standard InChI is InChI=1S/C12H12F3N3/c1-9-8-11(12(13,14)15)6-5-10(9)4-2-3-7-17-18-16/h2,4-6,8H,3,7H2,1H3. The Labute approximate surface area is 103 Å². The molecule has 0 aliphatic heterocycles. The molecule has 0 heterocycles. The summed E-state index contributed by atoms with van der Waals surface area (Å²) < 4.78 is 37.3. The van der Waals surface area contributed by atoms with E-state index in [-0.39, 0.29) is 0 Å². The van der Waals surface area contributed by atoms with Crippen molar-refractivity contribution in [2.75, 3.05) is 6.54 Å². The highest BCUT2D eigenvalue weighted by atomic mass is 19.4. The number of rotatable bonds is 4. The van der Waals surface area contributed by atoms with Crippen molar-refractivity contribution < 1.29 is 13.2 Å². The SMILES string of the molecule is Cc1cc(C(F)(F)F)ccc1C=CCCN=[N+]=[N-]. The van der Waals surface area contributed by atoms with Crippen LogP contribution in [0, 0.1) is 6.92 Å². The zero-order valence-electron chi connectivity index (χ0n) is 9.78. The fourth-order valence-corrected chi connectivity index (χ4v) is 1.43. The van der Waals surface area contributed by atoms with E-state index in [0.717, 1.165) is 17.7 Å². The molecule has 96 valence electrons. The van der Waals surface area contributed by atoms with Crippen molar-refractivity contribution in [3.05, 3.63) is 51.4 Å². The van der Waals surface area contributed by atoms with Crippen LogP contribution in [0.15, 0.2) is 29.4 Å². The number of aryl methyl sites for hydroxylation is 1. The lowest BCUT2D eigenvalue weighted by Crippen LogP contribution is -2.05. The molecule has 0 amide bonds. The maximum atomic E-state index is 12.4. The first kappa shape index (κ1) is 14.1. The van der Waals surface area contributed by atoms with Gasteiger partial charge in [0, 0.05) is 11.5 Å². The van der Waals surface area contributed by atoms with Crippen LogP contribution in [0.3, 0.4) is 0 Å². The maximum absolute atomic E-state index is 12.4. The smallest absolute Gasteiger partial charge is 0.166 e. The van der Waals surface area contributed by atoms with Crippen LogP contribution in [-0.2, 0) is 6.18 Å². The molecule has 0 radical (unpaired) electrons. The lowest BCUT2D eigenvalue weighted by Gasteiger charge is -2.08. The van der Waals surface area contributed by atoms with Gasteiger partial charge in [0.25, 0.3) is 0 Å². The summed E-state index contributed by atoms with van der Waals surface area (Å²) in [5, 5.41) is 3.35. The van der Waals surface area contributed by atoms with Crippen molar-refractivity contribution >= 4 is 6.08 Å². The van der Waals surface area contributed by atoms with E-state index < -0.39 is 11.7 Å². The summed E-state index contributed by atoms with van der Waals surface area (Å²) in [5.41, 5.74) is 8.70. The molecule has 0 atom stereocenters. The van der Waals surface area contributed by atoms with Crippen molar-refractivity contribution in [2.24, 2.45) is 5.11 Å². The minimum Gasteiger partial charge on any atom is -0.166 e. The molecule has 18 heavy (non-hydrogen) atoms. The molecule has 0 spiro atoms. The van der Waals surface area contributed by atoms with Crippen LogP contribution in [0.25, 0.3) is 16.5 Å². The summed E-state index contributed by atoms with van der Waals surface area (Å²) >= 11 is 0. The third kappa shape index (κ3) is 4.14. The van der Waals surface area contributed by atoms with Crippen LogP contribution in [0.1, 0.15) is 23.1 Å². The predicted octanol–water partition coefficient (Wildman–Crippen LogP) is 4.73. The van der Waals surface area contributed by atoms with Crippen LogP contribution in [0.5, 0.6) is 0 Å². The van der Waals surface area contributed by atoms with Gasteiger partial charge in [-0.15, -0.1) is 0 Å². The first-order chi connectivity index (χ1) is 8.45. The van der Waals surface area contributed by atoms with Crippen molar-refractivity contribution in [3.8, 4) is 0 Å². The molecule has 0 saturated heterocycles.